The number of halogens is 1. The van der Waals surface area contributed by atoms with Crippen LogP contribution in [0.25, 0.3) is 11.2 Å². The molecule has 0 aliphatic carbocycles. The van der Waals surface area contributed by atoms with Crippen LogP contribution in [-0.2, 0) is 0 Å². The van der Waals surface area contributed by atoms with Crippen LogP contribution in [0.1, 0.15) is 24.9 Å². The summed E-state index contributed by atoms with van der Waals surface area (Å²) < 4.78 is 1.89. The number of nitrogens with zero attached hydrogens (tertiary/aromatic N) is 4. The SMILES string of the molecule is CC[C@@H](c1ccccc1)n1ncc2ncc(Cl)nc21. The Hall–Kier alpha value is -1.94. The lowest BCUT2D eigenvalue weighted by atomic mass is 10.1. The Balaban J connectivity index is 2.14. The fourth-order valence-electron chi connectivity index (χ4n) is 2.25. The van der Waals surface area contributed by atoms with E-state index in [1.54, 1.807) is 12.4 Å². The van der Waals surface area contributed by atoms with Gasteiger partial charge >= 0.3 is 0 Å². The number of hydrogen-bond acceptors (Lipinski definition) is 3. The summed E-state index contributed by atoms with van der Waals surface area (Å²) >= 11 is 5.93. The summed E-state index contributed by atoms with van der Waals surface area (Å²) in [4.78, 5) is 8.57. The summed E-state index contributed by atoms with van der Waals surface area (Å²) in [5, 5.41) is 4.80. The van der Waals surface area contributed by atoms with Crippen LogP contribution in [0.2, 0.25) is 5.15 Å². The van der Waals surface area contributed by atoms with Gasteiger partial charge in [-0.1, -0.05) is 48.9 Å². The van der Waals surface area contributed by atoms with Crippen LogP contribution in [0.4, 0.5) is 0 Å². The molecule has 0 radical (unpaired) electrons. The highest BCUT2D eigenvalue weighted by atomic mass is 35.5. The smallest absolute Gasteiger partial charge is 0.178 e. The fourth-order valence-corrected chi connectivity index (χ4v) is 2.38. The van der Waals surface area contributed by atoms with Crippen LogP contribution < -0.4 is 0 Å². The highest BCUT2D eigenvalue weighted by molar-refractivity contribution is 6.29. The molecule has 0 aliphatic rings. The van der Waals surface area contributed by atoms with Gasteiger partial charge in [-0.15, -0.1) is 0 Å². The molecule has 4 nitrogen and oxygen atoms in total. The van der Waals surface area contributed by atoms with Gasteiger partial charge in [-0.2, -0.15) is 5.10 Å². The zero-order valence-electron chi connectivity index (χ0n) is 10.5. The molecule has 0 saturated carbocycles. The number of rotatable bonds is 3. The van der Waals surface area contributed by atoms with E-state index < -0.39 is 0 Å². The van der Waals surface area contributed by atoms with Gasteiger partial charge in [0, 0.05) is 0 Å². The number of benzene rings is 1. The van der Waals surface area contributed by atoms with Crippen molar-refractivity contribution >= 4 is 22.8 Å². The van der Waals surface area contributed by atoms with Gasteiger partial charge in [0.2, 0.25) is 0 Å². The second-order valence-electron chi connectivity index (χ2n) is 4.33. The van der Waals surface area contributed by atoms with Crippen LogP contribution >= 0.6 is 11.6 Å². The third kappa shape index (κ3) is 2.19. The zero-order chi connectivity index (χ0) is 13.2. The summed E-state index contributed by atoms with van der Waals surface area (Å²) in [7, 11) is 0. The number of aromatic nitrogens is 4. The molecule has 1 aromatic carbocycles. The monoisotopic (exact) mass is 272 g/mol. The maximum atomic E-state index is 5.93. The number of hydrogen-bond donors (Lipinski definition) is 0. The molecule has 3 rings (SSSR count). The Kier molecular flexibility index (Phi) is 3.17. The quantitative estimate of drug-likeness (QED) is 0.733. The molecule has 3 aromatic rings. The summed E-state index contributed by atoms with van der Waals surface area (Å²) in [6.07, 6.45) is 4.19. The van der Waals surface area contributed by atoms with Crippen molar-refractivity contribution in [2.45, 2.75) is 19.4 Å². The van der Waals surface area contributed by atoms with Crippen molar-refractivity contribution in [3.05, 3.63) is 53.4 Å². The molecule has 0 fully saturated rings. The molecule has 5 heteroatoms. The molecule has 0 aliphatic heterocycles. The van der Waals surface area contributed by atoms with Gasteiger partial charge in [-0.3, -0.25) is 0 Å². The molecule has 1 atom stereocenters. The Morgan fingerprint density at radius 1 is 1.21 bits per heavy atom. The van der Waals surface area contributed by atoms with E-state index in [4.69, 9.17) is 11.6 Å². The lowest BCUT2D eigenvalue weighted by molar-refractivity contribution is 0.521. The molecule has 0 amide bonds. The molecule has 2 aromatic heterocycles. The highest BCUT2D eigenvalue weighted by Gasteiger charge is 2.16. The van der Waals surface area contributed by atoms with E-state index in [0.717, 1.165) is 17.6 Å². The first-order valence-corrected chi connectivity index (χ1v) is 6.58. The molecule has 0 saturated heterocycles. The van der Waals surface area contributed by atoms with E-state index in [1.807, 2.05) is 22.9 Å². The van der Waals surface area contributed by atoms with Crippen LogP contribution in [0, 0.1) is 0 Å². The first-order valence-electron chi connectivity index (χ1n) is 6.20. The van der Waals surface area contributed by atoms with Gasteiger partial charge in [0.1, 0.15) is 10.7 Å². The molecule has 19 heavy (non-hydrogen) atoms. The van der Waals surface area contributed by atoms with Crippen LogP contribution in [0.3, 0.4) is 0 Å². The van der Waals surface area contributed by atoms with Crippen molar-refractivity contribution < 1.29 is 0 Å². The predicted octanol–water partition coefficient (Wildman–Crippen LogP) is 3.48. The highest BCUT2D eigenvalue weighted by Crippen LogP contribution is 2.24. The molecular weight excluding hydrogens is 260 g/mol. The van der Waals surface area contributed by atoms with E-state index in [0.29, 0.717) is 5.15 Å². The fraction of sp³-hybridized carbons (Fsp3) is 0.214. The average molecular weight is 273 g/mol. The lowest BCUT2D eigenvalue weighted by Gasteiger charge is -2.16. The standard InChI is InChI=1S/C14H13ClN4/c1-2-12(10-6-4-3-5-7-10)19-14-11(8-17-19)16-9-13(15)18-14/h3-9,12H,2H2,1H3/t12-/m0/s1. The van der Waals surface area contributed by atoms with Crippen molar-refractivity contribution in [3.63, 3.8) is 0 Å². The number of fused-ring (bicyclic) bond motifs is 1. The van der Waals surface area contributed by atoms with Crippen LogP contribution in [0.5, 0.6) is 0 Å². The summed E-state index contributed by atoms with van der Waals surface area (Å²) in [5.41, 5.74) is 2.69. The topological polar surface area (TPSA) is 43.6 Å². The molecule has 0 unspecified atom stereocenters. The van der Waals surface area contributed by atoms with E-state index >= 15 is 0 Å². The molecule has 0 bridgehead atoms. The first kappa shape index (κ1) is 12.1. The third-order valence-electron chi connectivity index (χ3n) is 3.14. The molecule has 0 N–H and O–H groups in total. The van der Waals surface area contributed by atoms with Crippen molar-refractivity contribution in [2.75, 3.05) is 0 Å². The van der Waals surface area contributed by atoms with Gasteiger partial charge in [-0.25, -0.2) is 14.6 Å². The van der Waals surface area contributed by atoms with Crippen molar-refractivity contribution in [1.29, 1.82) is 0 Å². The van der Waals surface area contributed by atoms with Gasteiger partial charge in [0.25, 0.3) is 0 Å². The molecular formula is C14H13ClN4. The molecule has 96 valence electrons. The second-order valence-corrected chi connectivity index (χ2v) is 4.71. The van der Waals surface area contributed by atoms with Gasteiger partial charge in [0.15, 0.2) is 5.65 Å². The minimum Gasteiger partial charge on any atom is -0.248 e. The van der Waals surface area contributed by atoms with E-state index in [1.165, 1.54) is 5.56 Å². The normalized spacial score (nSPS) is 12.7. The summed E-state index contributed by atoms with van der Waals surface area (Å²) in [6.45, 7) is 2.13. The lowest BCUT2D eigenvalue weighted by Crippen LogP contribution is -2.11. The van der Waals surface area contributed by atoms with E-state index in [9.17, 15) is 0 Å². The van der Waals surface area contributed by atoms with Gasteiger partial charge < -0.3 is 0 Å². The Bertz CT molecular complexity index is 693. The maximum Gasteiger partial charge on any atom is 0.178 e. The molecule has 2 heterocycles. The summed E-state index contributed by atoms with van der Waals surface area (Å²) in [6, 6.07) is 10.4. The van der Waals surface area contributed by atoms with Crippen LogP contribution in [0.15, 0.2) is 42.7 Å². The van der Waals surface area contributed by atoms with E-state index in [-0.39, 0.29) is 6.04 Å². The Morgan fingerprint density at radius 2 is 2.00 bits per heavy atom. The Labute approximate surface area is 116 Å². The zero-order valence-corrected chi connectivity index (χ0v) is 11.2. The first-order chi connectivity index (χ1) is 9.29. The molecule has 0 spiro atoms. The van der Waals surface area contributed by atoms with Crippen molar-refractivity contribution in [2.24, 2.45) is 0 Å². The van der Waals surface area contributed by atoms with Crippen molar-refractivity contribution in [1.82, 2.24) is 19.7 Å². The van der Waals surface area contributed by atoms with E-state index in [2.05, 4.69) is 34.1 Å². The van der Waals surface area contributed by atoms with Gasteiger partial charge in [-0.05, 0) is 12.0 Å². The second kappa shape index (κ2) is 4.97. The predicted molar refractivity (Wildman–Crippen MR) is 75.2 cm³/mol. The van der Waals surface area contributed by atoms with Crippen molar-refractivity contribution in [3.8, 4) is 0 Å². The average Bonchev–Trinajstić information content (AvgIpc) is 2.84. The minimum absolute atomic E-state index is 0.145. The Morgan fingerprint density at radius 3 is 2.74 bits per heavy atom. The maximum absolute atomic E-state index is 5.93. The third-order valence-corrected chi connectivity index (χ3v) is 3.32. The largest absolute Gasteiger partial charge is 0.248 e. The minimum atomic E-state index is 0.145. The van der Waals surface area contributed by atoms with Crippen LogP contribution in [-0.4, -0.2) is 19.7 Å². The van der Waals surface area contributed by atoms with Gasteiger partial charge in [0.05, 0.1) is 18.4 Å². The summed E-state index contributed by atoms with van der Waals surface area (Å²) in [5.74, 6) is 0.